The zero-order chi connectivity index (χ0) is 19.0. The van der Waals surface area contributed by atoms with Crippen LogP contribution >= 0.6 is 0 Å². The molecule has 1 fully saturated rings. The van der Waals surface area contributed by atoms with Crippen LogP contribution < -0.4 is 0 Å². The van der Waals surface area contributed by atoms with E-state index in [9.17, 15) is 9.50 Å². The van der Waals surface area contributed by atoms with Gasteiger partial charge in [-0.05, 0) is 49.1 Å². The molecule has 138 valence electrons. The molecule has 0 amide bonds. The third-order valence-electron chi connectivity index (χ3n) is 4.73. The number of halogens is 1. The van der Waals surface area contributed by atoms with Gasteiger partial charge in [-0.25, -0.2) is 9.37 Å². The second-order valence-corrected chi connectivity index (χ2v) is 6.57. The lowest BCUT2D eigenvalue weighted by Crippen LogP contribution is -2.12. The molecule has 0 saturated heterocycles. The molecule has 2 atom stereocenters. The smallest absolute Gasteiger partial charge is 0.177 e. The average Bonchev–Trinajstić information content (AvgIpc) is 3.29. The molecule has 4 rings (SSSR count). The van der Waals surface area contributed by atoms with E-state index < -0.39 is 6.17 Å². The molecule has 1 aliphatic carbocycles. The minimum atomic E-state index is -0.897. The van der Waals surface area contributed by atoms with Crippen LogP contribution in [0.15, 0.2) is 31.0 Å². The number of hydrogen-bond donors (Lipinski definition) is 1. The molecular formula is C18H18FN7O. The molecule has 0 aliphatic heterocycles. The van der Waals surface area contributed by atoms with Gasteiger partial charge in [-0.1, -0.05) is 6.58 Å². The minimum absolute atomic E-state index is 0.00950. The SMILES string of the molecule is C=C(c1ncc(-c2ccc(-n3nnc(C)n3)cc2O)nn1)[C@@H]1CCC[C@H]1F. The van der Waals surface area contributed by atoms with Crippen LogP contribution in [0.4, 0.5) is 4.39 Å². The number of hydrogen-bond acceptors (Lipinski definition) is 7. The minimum Gasteiger partial charge on any atom is -0.507 e. The Morgan fingerprint density at radius 2 is 2.11 bits per heavy atom. The summed E-state index contributed by atoms with van der Waals surface area (Å²) in [5.41, 5.74) is 2.02. The van der Waals surface area contributed by atoms with Gasteiger partial charge in [-0.2, -0.15) is 0 Å². The first-order valence-corrected chi connectivity index (χ1v) is 8.66. The van der Waals surface area contributed by atoms with E-state index in [0.717, 1.165) is 12.8 Å². The van der Waals surface area contributed by atoms with Gasteiger partial charge in [0.25, 0.3) is 0 Å². The highest BCUT2D eigenvalue weighted by molar-refractivity contribution is 5.68. The van der Waals surface area contributed by atoms with E-state index in [2.05, 4.69) is 37.2 Å². The fourth-order valence-electron chi connectivity index (χ4n) is 3.27. The molecule has 8 nitrogen and oxygen atoms in total. The molecular weight excluding hydrogens is 349 g/mol. The largest absolute Gasteiger partial charge is 0.507 e. The first kappa shape index (κ1) is 17.2. The Balaban J connectivity index is 1.58. The van der Waals surface area contributed by atoms with Gasteiger partial charge in [0, 0.05) is 17.5 Å². The number of rotatable bonds is 4. The molecule has 1 aliphatic rings. The number of phenols is 1. The summed E-state index contributed by atoms with van der Waals surface area (Å²) in [6.07, 6.45) is 2.75. The highest BCUT2D eigenvalue weighted by atomic mass is 19.1. The van der Waals surface area contributed by atoms with Crippen LogP contribution in [0.2, 0.25) is 0 Å². The summed E-state index contributed by atoms with van der Waals surface area (Å²) >= 11 is 0. The van der Waals surface area contributed by atoms with E-state index in [4.69, 9.17) is 0 Å². The molecule has 2 aromatic heterocycles. The summed E-state index contributed by atoms with van der Waals surface area (Å²) in [6, 6.07) is 4.92. The van der Waals surface area contributed by atoms with Gasteiger partial charge in [0.05, 0.1) is 11.9 Å². The quantitative estimate of drug-likeness (QED) is 0.756. The highest BCUT2D eigenvalue weighted by Gasteiger charge is 2.31. The summed E-state index contributed by atoms with van der Waals surface area (Å²) < 4.78 is 13.9. The van der Waals surface area contributed by atoms with Crippen molar-refractivity contribution in [1.82, 2.24) is 35.4 Å². The molecule has 0 radical (unpaired) electrons. The number of aromatic nitrogens is 7. The number of alkyl halides is 1. The van der Waals surface area contributed by atoms with Crippen molar-refractivity contribution in [3.8, 4) is 22.7 Å². The van der Waals surface area contributed by atoms with Crippen molar-refractivity contribution in [3.63, 3.8) is 0 Å². The molecule has 2 heterocycles. The topological polar surface area (TPSA) is 102 Å². The van der Waals surface area contributed by atoms with Gasteiger partial charge >= 0.3 is 0 Å². The summed E-state index contributed by atoms with van der Waals surface area (Å²) in [5.74, 6) is 0.614. The lowest BCUT2D eigenvalue weighted by atomic mass is 9.97. The van der Waals surface area contributed by atoms with E-state index in [1.165, 1.54) is 17.1 Å². The highest BCUT2D eigenvalue weighted by Crippen LogP contribution is 2.37. The monoisotopic (exact) mass is 367 g/mol. The summed E-state index contributed by atoms with van der Waals surface area (Å²) in [4.78, 5) is 5.59. The molecule has 3 aromatic rings. The fraction of sp³-hybridized carbons (Fsp3) is 0.333. The van der Waals surface area contributed by atoms with Gasteiger partial charge < -0.3 is 5.11 Å². The lowest BCUT2D eigenvalue weighted by Gasteiger charge is -2.14. The second kappa shape index (κ2) is 6.82. The van der Waals surface area contributed by atoms with Gasteiger partial charge in [-0.3, -0.25) is 0 Å². The number of nitrogens with zero attached hydrogens (tertiary/aromatic N) is 7. The van der Waals surface area contributed by atoms with Crippen molar-refractivity contribution in [2.24, 2.45) is 5.92 Å². The Hall–Kier alpha value is -3.23. The van der Waals surface area contributed by atoms with Crippen LogP contribution in [0, 0.1) is 12.8 Å². The maximum Gasteiger partial charge on any atom is 0.177 e. The first-order valence-electron chi connectivity index (χ1n) is 8.66. The third-order valence-corrected chi connectivity index (χ3v) is 4.73. The number of phenolic OH excluding ortho intramolecular Hbond substituents is 1. The zero-order valence-electron chi connectivity index (χ0n) is 14.7. The van der Waals surface area contributed by atoms with Crippen LogP contribution in [-0.2, 0) is 0 Å². The predicted molar refractivity (Wildman–Crippen MR) is 95.6 cm³/mol. The number of aryl methyl sites for hydroxylation is 1. The maximum atomic E-state index is 13.9. The summed E-state index contributed by atoms with van der Waals surface area (Å²) in [7, 11) is 0. The second-order valence-electron chi connectivity index (χ2n) is 6.57. The van der Waals surface area contributed by atoms with E-state index in [-0.39, 0.29) is 11.7 Å². The fourth-order valence-corrected chi connectivity index (χ4v) is 3.27. The van der Waals surface area contributed by atoms with Crippen LogP contribution in [0.1, 0.15) is 30.9 Å². The molecule has 1 N–H and O–H groups in total. The van der Waals surface area contributed by atoms with Crippen LogP contribution in [0.25, 0.3) is 22.5 Å². The van der Waals surface area contributed by atoms with Crippen LogP contribution in [0.5, 0.6) is 5.75 Å². The maximum absolute atomic E-state index is 13.9. The zero-order valence-corrected chi connectivity index (χ0v) is 14.7. The van der Waals surface area contributed by atoms with Crippen molar-refractivity contribution < 1.29 is 9.50 Å². The van der Waals surface area contributed by atoms with Crippen molar-refractivity contribution >= 4 is 5.57 Å². The summed E-state index contributed by atoms with van der Waals surface area (Å²) in [6.45, 7) is 5.67. The van der Waals surface area contributed by atoms with Gasteiger partial charge in [0.15, 0.2) is 11.6 Å². The Morgan fingerprint density at radius 3 is 2.70 bits per heavy atom. The molecule has 0 unspecified atom stereocenters. The van der Waals surface area contributed by atoms with E-state index in [1.54, 1.807) is 19.1 Å². The number of allylic oxidation sites excluding steroid dienone is 1. The standard InChI is InChI=1S/C18H18FN7O/c1-10(13-4-3-5-15(13)19)18-20-9-16(22-23-18)14-7-6-12(8-17(14)27)26-24-11(2)21-25-26/h6-9,13,15,27H,1,3-5H2,2H3/t13-,15+/m0/s1. The van der Waals surface area contributed by atoms with E-state index >= 15 is 0 Å². The Morgan fingerprint density at radius 1 is 1.26 bits per heavy atom. The predicted octanol–water partition coefficient (Wildman–Crippen LogP) is 2.68. The summed E-state index contributed by atoms with van der Waals surface area (Å²) in [5, 5.41) is 30.3. The van der Waals surface area contributed by atoms with Crippen LogP contribution in [-0.4, -0.2) is 46.7 Å². The average molecular weight is 367 g/mol. The molecule has 1 saturated carbocycles. The van der Waals surface area contributed by atoms with Crippen molar-refractivity contribution in [3.05, 3.63) is 42.6 Å². The molecule has 0 bridgehead atoms. The lowest BCUT2D eigenvalue weighted by molar-refractivity contribution is 0.302. The molecule has 0 spiro atoms. The van der Waals surface area contributed by atoms with Gasteiger partial charge in [-0.15, -0.1) is 25.2 Å². The van der Waals surface area contributed by atoms with Gasteiger partial charge in [0.2, 0.25) is 0 Å². The third kappa shape index (κ3) is 3.27. The van der Waals surface area contributed by atoms with Crippen molar-refractivity contribution in [1.29, 1.82) is 0 Å². The first-order chi connectivity index (χ1) is 13.0. The Kier molecular flexibility index (Phi) is 4.35. The van der Waals surface area contributed by atoms with Crippen molar-refractivity contribution in [2.75, 3.05) is 0 Å². The Labute approximate surface area is 154 Å². The normalized spacial score (nSPS) is 19.3. The number of tetrazole rings is 1. The number of benzene rings is 1. The molecule has 1 aromatic carbocycles. The Bertz CT molecular complexity index is 986. The number of aromatic hydroxyl groups is 1. The molecule has 9 heteroatoms. The van der Waals surface area contributed by atoms with Gasteiger partial charge in [0.1, 0.15) is 17.6 Å². The van der Waals surface area contributed by atoms with Crippen LogP contribution in [0.3, 0.4) is 0 Å². The van der Waals surface area contributed by atoms with Crippen molar-refractivity contribution in [2.45, 2.75) is 32.4 Å². The van der Waals surface area contributed by atoms with E-state index in [1.807, 2.05) is 0 Å². The molecule has 27 heavy (non-hydrogen) atoms. The van der Waals surface area contributed by atoms with E-state index in [0.29, 0.717) is 40.6 Å².